The molecule has 5 N–H and O–H groups in total. The summed E-state index contributed by atoms with van der Waals surface area (Å²) in [7, 11) is 0. The molecule has 266 valence electrons. The summed E-state index contributed by atoms with van der Waals surface area (Å²) in [4.78, 5) is 60.4. The molecule has 0 fully saturated rings. The van der Waals surface area contributed by atoms with E-state index in [-0.39, 0.29) is 25.2 Å². The molecule has 0 aliphatic heterocycles. The number of unbranched alkanes of at least 4 members (excludes halogenated alkanes) is 3. The molecule has 0 saturated heterocycles. The fourth-order valence-electron chi connectivity index (χ4n) is 5.59. The summed E-state index contributed by atoms with van der Waals surface area (Å²) >= 11 is -2.50. The van der Waals surface area contributed by atoms with Gasteiger partial charge >= 0.3 is 202 Å². The number of hydrogen-bond donors (Lipinski definition) is 5. The average molecular weight is 769 g/mol. The minimum atomic E-state index is -2.50. The number of rotatable bonds is 23. The van der Waals surface area contributed by atoms with Crippen molar-refractivity contribution in [1.82, 2.24) is 16.0 Å². The van der Waals surface area contributed by atoms with Crippen LogP contribution in [-0.4, -0.2) is 82.7 Å². The van der Waals surface area contributed by atoms with Crippen LogP contribution in [0.1, 0.15) is 111 Å². The van der Waals surface area contributed by atoms with E-state index in [9.17, 15) is 29.1 Å². The molecule has 2 unspecified atom stereocenters. The van der Waals surface area contributed by atoms with Gasteiger partial charge in [-0.05, 0) is 27.2 Å². The second-order valence-corrected chi connectivity index (χ2v) is 26.7. The molecule has 1 aromatic carbocycles. The summed E-state index contributed by atoms with van der Waals surface area (Å²) in [5.41, 5.74) is 0.290. The number of amides is 3. The Bertz CT molecular complexity index is 1110. The molecule has 47 heavy (non-hydrogen) atoms. The van der Waals surface area contributed by atoms with E-state index in [1.54, 1.807) is 24.4 Å². The summed E-state index contributed by atoms with van der Waals surface area (Å²) in [6.07, 6.45) is 7.34. The number of carboxylic acids is 2. The Balaban J connectivity index is 2.82. The Morgan fingerprint density at radius 2 is 1.30 bits per heavy atom. The van der Waals surface area contributed by atoms with Crippen molar-refractivity contribution < 1.29 is 38.9 Å². The predicted octanol–water partition coefficient (Wildman–Crippen LogP) is 5.51. The number of carbonyl (C=O) groups excluding carboxylic acids is 3. The normalized spacial score (nSPS) is 12.9. The van der Waals surface area contributed by atoms with Crippen LogP contribution in [0.3, 0.4) is 0 Å². The van der Waals surface area contributed by atoms with Gasteiger partial charge in [0.05, 0.1) is 0 Å². The molecule has 0 spiro atoms. The van der Waals surface area contributed by atoms with Gasteiger partial charge in [0.2, 0.25) is 0 Å². The van der Waals surface area contributed by atoms with Crippen LogP contribution in [0.4, 0.5) is 4.79 Å². The van der Waals surface area contributed by atoms with Crippen LogP contribution >= 0.6 is 0 Å². The molecule has 0 aromatic heterocycles. The van der Waals surface area contributed by atoms with Crippen molar-refractivity contribution in [2.45, 2.75) is 143 Å². The molecule has 11 nitrogen and oxygen atoms in total. The van der Waals surface area contributed by atoms with Gasteiger partial charge in [-0.3, -0.25) is 4.79 Å². The van der Waals surface area contributed by atoms with Gasteiger partial charge in [-0.2, -0.15) is 0 Å². The van der Waals surface area contributed by atoms with E-state index in [0.29, 0.717) is 13.0 Å². The monoisotopic (exact) mass is 769 g/mol. The number of nitrogens with one attached hydrogen (secondary N) is 3. The Morgan fingerprint density at radius 1 is 0.787 bits per heavy atom. The number of ether oxygens (including phenoxy) is 1. The zero-order valence-corrected chi connectivity index (χ0v) is 32.3. The third-order valence-corrected chi connectivity index (χ3v) is 23.9. The number of carbonyl (C=O) groups is 5. The molecule has 0 aliphatic rings. The molecule has 2 atom stereocenters. The molecule has 0 saturated carbocycles. The van der Waals surface area contributed by atoms with Gasteiger partial charge in [0.15, 0.2) is 0 Å². The van der Waals surface area contributed by atoms with Gasteiger partial charge in [-0.15, -0.1) is 0 Å². The summed E-state index contributed by atoms with van der Waals surface area (Å²) < 4.78 is 11.2. The molecule has 1 aromatic rings. The number of hydrogen-bond acceptors (Lipinski definition) is 6. The van der Waals surface area contributed by atoms with Crippen molar-refractivity contribution in [1.29, 1.82) is 0 Å². The van der Waals surface area contributed by atoms with E-state index in [0.717, 1.165) is 5.56 Å². The zero-order chi connectivity index (χ0) is 35.5. The van der Waals surface area contributed by atoms with Crippen LogP contribution in [0.5, 0.6) is 0 Å². The van der Waals surface area contributed by atoms with E-state index in [1.807, 2.05) is 0 Å². The van der Waals surface area contributed by atoms with Gasteiger partial charge in [0, 0.05) is 6.42 Å². The molecule has 0 bridgehead atoms. The van der Waals surface area contributed by atoms with E-state index in [2.05, 4.69) is 61.0 Å². The molecule has 0 aliphatic carbocycles. The van der Waals surface area contributed by atoms with E-state index in [4.69, 9.17) is 9.84 Å². The van der Waals surface area contributed by atoms with Crippen molar-refractivity contribution in [3.8, 4) is 0 Å². The number of esters is 1. The van der Waals surface area contributed by atoms with Gasteiger partial charge in [-0.1, -0.05) is 0 Å². The van der Waals surface area contributed by atoms with Crippen LogP contribution in [-0.2, 0) is 30.3 Å². The van der Waals surface area contributed by atoms with Crippen LogP contribution in [0.2, 0.25) is 13.3 Å². The third-order valence-electron chi connectivity index (χ3n) is 8.24. The van der Waals surface area contributed by atoms with Crippen LogP contribution < -0.4 is 19.5 Å². The van der Waals surface area contributed by atoms with Crippen LogP contribution in [0.15, 0.2) is 24.3 Å². The number of aliphatic carboxylic acids is 2. The predicted molar refractivity (Wildman–Crippen MR) is 187 cm³/mol. The summed E-state index contributed by atoms with van der Waals surface area (Å²) in [6, 6.07) is 5.46. The topological polar surface area (TPSA) is 171 Å². The first-order chi connectivity index (χ1) is 22.2. The second kappa shape index (κ2) is 21.9. The molecule has 12 heteroatoms. The Hall–Kier alpha value is -2.83. The minimum absolute atomic E-state index is 0.0713. The van der Waals surface area contributed by atoms with E-state index < -0.39 is 66.4 Å². The number of urea groups is 1. The van der Waals surface area contributed by atoms with Crippen molar-refractivity contribution in [3.05, 3.63) is 29.8 Å². The Labute approximate surface area is 285 Å². The van der Waals surface area contributed by atoms with Crippen molar-refractivity contribution in [3.63, 3.8) is 0 Å². The standard InChI is InChI=1S/C23H32N3O8.3C4H9.Sn/c1-23(2,3)34-21(32)17(26-22(33)25-16(20(30)31)10-12-19(28)29)9-11-18(27)24-14-13-15-7-5-4-6-8-15;3*1-3-4-2;/h5-8,16-17H,9-14H2,1-3H3,(H,24,27)(H,28,29)(H,30,31)(H2,25,26,33);3*1,3-4H2,2H3;. The quantitative estimate of drug-likeness (QED) is 0.0717. The SMILES string of the molecule is CCC[CH2][Sn]([CH2]CCC)([CH2]CCC)[c]1ccc(CCNC(=O)CCC(NC(=O)NC(CCC(=O)O)C(=O)O)C(=O)OC(C)(C)C)cc1. The fourth-order valence-corrected chi connectivity index (χ4v) is 21.5. The summed E-state index contributed by atoms with van der Waals surface area (Å²) in [5, 5.41) is 25.7. The molecule has 3 amide bonds. The third kappa shape index (κ3) is 17.2. The van der Waals surface area contributed by atoms with Gasteiger partial charge < -0.3 is 20.3 Å². The van der Waals surface area contributed by atoms with Crippen LogP contribution in [0.25, 0.3) is 0 Å². The van der Waals surface area contributed by atoms with Crippen molar-refractivity contribution >= 4 is 51.8 Å². The van der Waals surface area contributed by atoms with Gasteiger partial charge in [-0.25, -0.2) is 14.4 Å². The second-order valence-electron chi connectivity index (χ2n) is 13.5. The molecule has 1 rings (SSSR count). The fraction of sp³-hybridized carbons (Fsp3) is 0.686. The van der Waals surface area contributed by atoms with Gasteiger partial charge in [0.25, 0.3) is 0 Å². The van der Waals surface area contributed by atoms with Crippen molar-refractivity contribution in [2.24, 2.45) is 0 Å². The van der Waals surface area contributed by atoms with E-state index in [1.165, 1.54) is 51.8 Å². The first-order valence-corrected chi connectivity index (χ1v) is 24.7. The van der Waals surface area contributed by atoms with Gasteiger partial charge in [0.1, 0.15) is 11.6 Å². The summed E-state index contributed by atoms with van der Waals surface area (Å²) in [6.45, 7) is 12.3. The zero-order valence-electron chi connectivity index (χ0n) is 29.4. The molecular weight excluding hydrogens is 709 g/mol. The number of benzene rings is 1. The number of carboxylic acid groups (broad SMARTS) is 2. The average Bonchev–Trinajstić information content (AvgIpc) is 3.00. The maximum atomic E-state index is 12.8. The molecule has 0 heterocycles. The first kappa shape index (κ1) is 42.2. The maximum absolute atomic E-state index is 12.8. The summed E-state index contributed by atoms with van der Waals surface area (Å²) in [5.74, 6) is -3.67. The Morgan fingerprint density at radius 3 is 1.77 bits per heavy atom. The van der Waals surface area contributed by atoms with E-state index >= 15 is 0 Å². The first-order valence-electron chi connectivity index (χ1n) is 17.3. The van der Waals surface area contributed by atoms with Crippen LogP contribution in [0, 0.1) is 0 Å². The Kier molecular flexibility index (Phi) is 19.7. The van der Waals surface area contributed by atoms with Crippen molar-refractivity contribution in [2.75, 3.05) is 6.54 Å². The molecule has 0 radical (unpaired) electrons. The molecular formula is C35H59N3O8Sn.